The Kier molecular flexibility index (Phi) is 4.02. The van der Waals surface area contributed by atoms with Gasteiger partial charge in [-0.05, 0) is 11.6 Å². The fourth-order valence-electron chi connectivity index (χ4n) is 1.84. The maximum atomic E-state index is 7.48. The molecule has 4 nitrogen and oxygen atoms in total. The van der Waals surface area contributed by atoms with Gasteiger partial charge in [0.15, 0.2) is 0 Å². The Bertz CT molecular complexity index is 583. The lowest BCUT2D eigenvalue weighted by Gasteiger charge is -2.20. The highest BCUT2D eigenvalue weighted by Gasteiger charge is 2.13. The van der Waals surface area contributed by atoms with E-state index in [1.165, 1.54) is 0 Å². The average molecular weight is 275 g/mol. The van der Waals surface area contributed by atoms with Crippen molar-refractivity contribution in [3.05, 3.63) is 58.7 Å². The Labute approximate surface area is 117 Å². The van der Waals surface area contributed by atoms with Gasteiger partial charge in [0.25, 0.3) is 0 Å². The number of nitrogens with zero attached hydrogens (tertiary/aromatic N) is 2. The van der Waals surface area contributed by atoms with Crippen LogP contribution in [0.25, 0.3) is 0 Å². The van der Waals surface area contributed by atoms with Crippen LogP contribution >= 0.6 is 11.6 Å². The number of aromatic nitrogens is 1. The molecule has 0 aliphatic heterocycles. The maximum Gasteiger partial charge on any atom is 0.148 e. The fourth-order valence-corrected chi connectivity index (χ4v) is 2.20. The zero-order chi connectivity index (χ0) is 13.8. The van der Waals surface area contributed by atoms with Gasteiger partial charge < -0.3 is 10.6 Å². The lowest BCUT2D eigenvalue weighted by atomic mass is 10.2. The second kappa shape index (κ2) is 5.71. The SMILES string of the molecule is CN(Cc1ccccc1)c1nccc(C(=N)N)c1Cl. The van der Waals surface area contributed by atoms with E-state index in [1.807, 2.05) is 42.3 Å². The summed E-state index contributed by atoms with van der Waals surface area (Å²) >= 11 is 6.24. The van der Waals surface area contributed by atoms with Gasteiger partial charge in [-0.15, -0.1) is 0 Å². The number of rotatable bonds is 4. The summed E-state index contributed by atoms with van der Waals surface area (Å²) in [5.74, 6) is 0.569. The van der Waals surface area contributed by atoms with Gasteiger partial charge in [0.1, 0.15) is 11.7 Å². The standard InChI is InChI=1S/C14H15ClN4/c1-19(9-10-5-3-2-4-6-10)14-12(15)11(13(16)17)7-8-18-14/h2-8H,9H2,1H3,(H3,16,17). The van der Waals surface area contributed by atoms with Crippen LogP contribution in [0.1, 0.15) is 11.1 Å². The first-order valence-electron chi connectivity index (χ1n) is 5.83. The number of halogens is 1. The van der Waals surface area contributed by atoms with Crippen molar-refractivity contribution in [3.8, 4) is 0 Å². The molecule has 3 N–H and O–H groups in total. The van der Waals surface area contributed by atoms with Crippen LogP contribution in [-0.4, -0.2) is 17.9 Å². The molecule has 0 saturated heterocycles. The highest BCUT2D eigenvalue weighted by molar-refractivity contribution is 6.36. The van der Waals surface area contributed by atoms with Gasteiger partial charge in [0, 0.05) is 25.4 Å². The number of anilines is 1. The lowest BCUT2D eigenvalue weighted by molar-refractivity contribution is 0.898. The first kappa shape index (κ1) is 13.4. The number of hydrogen-bond acceptors (Lipinski definition) is 3. The average Bonchev–Trinajstić information content (AvgIpc) is 2.39. The van der Waals surface area contributed by atoms with Crippen LogP contribution in [0, 0.1) is 5.41 Å². The zero-order valence-corrected chi connectivity index (χ0v) is 11.4. The van der Waals surface area contributed by atoms with Crippen molar-refractivity contribution < 1.29 is 0 Å². The molecule has 0 amide bonds. The largest absolute Gasteiger partial charge is 0.384 e. The molecule has 0 fully saturated rings. The third-order valence-corrected chi connectivity index (χ3v) is 3.16. The van der Waals surface area contributed by atoms with E-state index in [9.17, 15) is 0 Å². The first-order valence-corrected chi connectivity index (χ1v) is 6.21. The van der Waals surface area contributed by atoms with Crippen molar-refractivity contribution in [1.82, 2.24) is 4.98 Å². The lowest BCUT2D eigenvalue weighted by Crippen LogP contribution is -2.20. The monoisotopic (exact) mass is 274 g/mol. The van der Waals surface area contributed by atoms with E-state index >= 15 is 0 Å². The maximum absolute atomic E-state index is 7.48. The topological polar surface area (TPSA) is 66.0 Å². The van der Waals surface area contributed by atoms with Crippen molar-refractivity contribution in [1.29, 1.82) is 5.41 Å². The van der Waals surface area contributed by atoms with Gasteiger partial charge >= 0.3 is 0 Å². The van der Waals surface area contributed by atoms with Crippen molar-refractivity contribution in [2.24, 2.45) is 5.73 Å². The van der Waals surface area contributed by atoms with E-state index in [0.29, 0.717) is 22.9 Å². The van der Waals surface area contributed by atoms with E-state index in [0.717, 1.165) is 5.56 Å². The Morgan fingerprint density at radius 2 is 2.00 bits per heavy atom. The van der Waals surface area contributed by atoms with Gasteiger partial charge in [0.05, 0.1) is 5.02 Å². The Hall–Kier alpha value is -2.07. The van der Waals surface area contributed by atoms with Gasteiger partial charge in [-0.3, -0.25) is 5.41 Å². The number of nitrogens with two attached hydrogens (primary N) is 1. The molecule has 98 valence electrons. The molecule has 2 aromatic rings. The second-order valence-electron chi connectivity index (χ2n) is 4.25. The van der Waals surface area contributed by atoms with E-state index in [-0.39, 0.29) is 5.84 Å². The molecule has 5 heteroatoms. The number of benzene rings is 1. The molecule has 0 atom stereocenters. The molecule has 0 spiro atoms. The van der Waals surface area contributed by atoms with Crippen LogP contribution in [-0.2, 0) is 6.54 Å². The zero-order valence-electron chi connectivity index (χ0n) is 10.6. The summed E-state index contributed by atoms with van der Waals surface area (Å²) in [7, 11) is 1.91. The van der Waals surface area contributed by atoms with Crippen LogP contribution < -0.4 is 10.6 Å². The minimum atomic E-state index is -0.0539. The molecule has 0 aliphatic rings. The number of pyridine rings is 1. The van der Waals surface area contributed by atoms with E-state index in [1.54, 1.807) is 12.3 Å². The molecule has 19 heavy (non-hydrogen) atoms. The summed E-state index contributed by atoms with van der Waals surface area (Å²) in [4.78, 5) is 6.19. The summed E-state index contributed by atoms with van der Waals surface area (Å²) in [6, 6.07) is 11.7. The third kappa shape index (κ3) is 3.03. The predicted molar refractivity (Wildman–Crippen MR) is 78.8 cm³/mol. The van der Waals surface area contributed by atoms with Crippen LogP contribution in [0.4, 0.5) is 5.82 Å². The second-order valence-corrected chi connectivity index (χ2v) is 4.63. The quantitative estimate of drug-likeness (QED) is 0.665. The molecule has 1 aromatic heterocycles. The summed E-state index contributed by atoms with van der Waals surface area (Å²) in [6.45, 7) is 0.689. The Balaban J connectivity index is 2.27. The number of hydrogen-bond donors (Lipinski definition) is 2. The molecular formula is C14H15ClN4. The van der Waals surface area contributed by atoms with Crippen molar-refractivity contribution in [3.63, 3.8) is 0 Å². The molecule has 1 aromatic carbocycles. The normalized spacial score (nSPS) is 10.2. The van der Waals surface area contributed by atoms with Crippen LogP contribution in [0.3, 0.4) is 0 Å². The highest BCUT2D eigenvalue weighted by Crippen LogP contribution is 2.26. The molecule has 0 radical (unpaired) electrons. The van der Waals surface area contributed by atoms with Crippen LogP contribution in [0.15, 0.2) is 42.6 Å². The van der Waals surface area contributed by atoms with Crippen LogP contribution in [0.5, 0.6) is 0 Å². The molecular weight excluding hydrogens is 260 g/mol. The molecule has 0 saturated carbocycles. The summed E-state index contributed by atoms with van der Waals surface area (Å²) in [5, 5.41) is 7.89. The molecule has 1 heterocycles. The Morgan fingerprint density at radius 1 is 1.32 bits per heavy atom. The number of nitrogen functional groups attached to an aromatic ring is 1. The number of nitrogens with one attached hydrogen (secondary N) is 1. The molecule has 2 rings (SSSR count). The highest BCUT2D eigenvalue weighted by atomic mass is 35.5. The van der Waals surface area contributed by atoms with Crippen LogP contribution in [0.2, 0.25) is 5.02 Å². The third-order valence-electron chi connectivity index (χ3n) is 2.79. The van der Waals surface area contributed by atoms with Gasteiger partial charge in [-0.1, -0.05) is 41.9 Å². The van der Waals surface area contributed by atoms with Crippen molar-refractivity contribution in [2.75, 3.05) is 11.9 Å². The van der Waals surface area contributed by atoms with Gasteiger partial charge in [0.2, 0.25) is 0 Å². The molecule has 0 aliphatic carbocycles. The predicted octanol–water partition coefficient (Wildman–Crippen LogP) is 2.66. The van der Waals surface area contributed by atoms with Gasteiger partial charge in [-0.2, -0.15) is 0 Å². The van der Waals surface area contributed by atoms with E-state index in [2.05, 4.69) is 4.98 Å². The van der Waals surface area contributed by atoms with Crippen molar-refractivity contribution >= 4 is 23.3 Å². The smallest absolute Gasteiger partial charge is 0.148 e. The summed E-state index contributed by atoms with van der Waals surface area (Å²) < 4.78 is 0. The first-order chi connectivity index (χ1) is 9.09. The fraction of sp³-hybridized carbons (Fsp3) is 0.143. The summed E-state index contributed by atoms with van der Waals surface area (Å²) in [5.41, 5.74) is 7.16. The van der Waals surface area contributed by atoms with Gasteiger partial charge in [-0.25, -0.2) is 4.98 Å². The number of amidine groups is 1. The van der Waals surface area contributed by atoms with E-state index in [4.69, 9.17) is 22.7 Å². The van der Waals surface area contributed by atoms with E-state index < -0.39 is 0 Å². The van der Waals surface area contributed by atoms with Crippen molar-refractivity contribution in [2.45, 2.75) is 6.54 Å². The summed E-state index contributed by atoms with van der Waals surface area (Å²) in [6.07, 6.45) is 1.61. The minimum Gasteiger partial charge on any atom is -0.384 e. The minimum absolute atomic E-state index is 0.0539. The molecule has 0 unspecified atom stereocenters. The molecule has 0 bridgehead atoms. The Morgan fingerprint density at radius 3 is 2.63 bits per heavy atom.